The van der Waals surface area contributed by atoms with Crippen LogP contribution in [0.2, 0.25) is 0 Å². The third-order valence-corrected chi connectivity index (χ3v) is 3.55. The highest BCUT2D eigenvalue weighted by Gasteiger charge is 2.22. The molecule has 0 unspecified atom stereocenters. The highest BCUT2D eigenvalue weighted by molar-refractivity contribution is 7.15. The number of likely N-dealkylation sites (N-methyl/N-ethyl adjacent to an activating group) is 1. The van der Waals surface area contributed by atoms with Crippen LogP contribution in [0, 0.1) is 6.92 Å². The molecule has 4 heteroatoms. The Kier molecular flexibility index (Phi) is 3.03. The van der Waals surface area contributed by atoms with E-state index in [-0.39, 0.29) is 0 Å². The van der Waals surface area contributed by atoms with Gasteiger partial charge in [0.1, 0.15) is 0 Å². The summed E-state index contributed by atoms with van der Waals surface area (Å²) in [4.78, 5) is 5.93. The van der Waals surface area contributed by atoms with E-state index in [4.69, 9.17) is 0 Å². The van der Waals surface area contributed by atoms with Crippen LogP contribution in [0.25, 0.3) is 0 Å². The van der Waals surface area contributed by atoms with E-state index in [0.717, 1.165) is 18.1 Å². The quantitative estimate of drug-likeness (QED) is 0.779. The Morgan fingerprint density at radius 2 is 2.29 bits per heavy atom. The molecule has 0 amide bonds. The minimum absolute atomic E-state index is 0.706. The lowest BCUT2D eigenvalue weighted by Crippen LogP contribution is -2.09. The summed E-state index contributed by atoms with van der Waals surface area (Å²) < 4.78 is 0. The van der Waals surface area contributed by atoms with Gasteiger partial charge in [-0.05, 0) is 39.8 Å². The van der Waals surface area contributed by atoms with Gasteiger partial charge in [0.15, 0.2) is 5.13 Å². The normalized spacial score (nSPS) is 15.9. The van der Waals surface area contributed by atoms with E-state index in [1.807, 2.05) is 7.05 Å². The van der Waals surface area contributed by atoms with Gasteiger partial charge in [-0.25, -0.2) is 4.98 Å². The average Bonchev–Trinajstić information content (AvgIpc) is 2.88. The fourth-order valence-electron chi connectivity index (χ4n) is 1.36. The van der Waals surface area contributed by atoms with Crippen LogP contribution in [0.5, 0.6) is 0 Å². The molecule has 1 aromatic heterocycles. The van der Waals surface area contributed by atoms with Crippen LogP contribution in [0.3, 0.4) is 0 Å². The molecular weight excluding hydrogens is 194 g/mol. The maximum absolute atomic E-state index is 4.52. The van der Waals surface area contributed by atoms with Crippen molar-refractivity contribution < 1.29 is 0 Å². The molecule has 0 aromatic carbocycles. The summed E-state index contributed by atoms with van der Waals surface area (Å²) in [6.07, 6.45) is 3.71. The Bertz CT molecular complexity index is 304. The Hall–Kier alpha value is -0.610. The minimum atomic E-state index is 0.706. The third kappa shape index (κ3) is 2.45. The molecule has 1 aliphatic carbocycles. The van der Waals surface area contributed by atoms with Crippen molar-refractivity contribution in [3.05, 3.63) is 10.6 Å². The standard InChI is InChI=1S/C10H17N3S/c1-7-9(5-6-11-2)14-10(12-7)13-8-3-4-8/h8,11H,3-6H2,1-2H3,(H,12,13). The summed E-state index contributed by atoms with van der Waals surface area (Å²) >= 11 is 1.81. The van der Waals surface area contributed by atoms with Gasteiger partial charge in [-0.15, -0.1) is 11.3 Å². The first-order valence-corrected chi connectivity index (χ1v) is 5.98. The number of hydrogen-bond acceptors (Lipinski definition) is 4. The van der Waals surface area contributed by atoms with E-state index in [9.17, 15) is 0 Å². The number of aryl methyl sites for hydroxylation is 1. The molecule has 3 nitrogen and oxygen atoms in total. The van der Waals surface area contributed by atoms with Gasteiger partial charge >= 0.3 is 0 Å². The van der Waals surface area contributed by atoms with Crippen molar-refractivity contribution in [3.8, 4) is 0 Å². The summed E-state index contributed by atoms with van der Waals surface area (Å²) in [5.41, 5.74) is 1.19. The Morgan fingerprint density at radius 1 is 1.50 bits per heavy atom. The number of nitrogens with one attached hydrogen (secondary N) is 2. The SMILES string of the molecule is CNCCc1sc(NC2CC2)nc1C. The lowest BCUT2D eigenvalue weighted by atomic mass is 10.3. The van der Waals surface area contributed by atoms with Crippen molar-refractivity contribution in [3.63, 3.8) is 0 Å². The highest BCUT2D eigenvalue weighted by atomic mass is 32.1. The molecule has 0 radical (unpaired) electrons. The second-order valence-corrected chi connectivity index (χ2v) is 4.88. The van der Waals surface area contributed by atoms with Crippen molar-refractivity contribution in [2.24, 2.45) is 0 Å². The molecule has 0 spiro atoms. The summed E-state index contributed by atoms with van der Waals surface area (Å²) in [5.74, 6) is 0. The zero-order valence-corrected chi connectivity index (χ0v) is 9.58. The molecule has 1 saturated carbocycles. The summed E-state index contributed by atoms with van der Waals surface area (Å²) in [7, 11) is 1.99. The molecule has 1 heterocycles. The Morgan fingerprint density at radius 3 is 2.93 bits per heavy atom. The van der Waals surface area contributed by atoms with E-state index in [1.54, 1.807) is 11.3 Å². The predicted octanol–water partition coefficient (Wildman–Crippen LogP) is 1.79. The van der Waals surface area contributed by atoms with Crippen LogP contribution < -0.4 is 10.6 Å². The van der Waals surface area contributed by atoms with E-state index in [0.29, 0.717) is 6.04 Å². The van der Waals surface area contributed by atoms with Gasteiger partial charge in [0.2, 0.25) is 0 Å². The minimum Gasteiger partial charge on any atom is -0.359 e. The van der Waals surface area contributed by atoms with E-state index < -0.39 is 0 Å². The fraction of sp³-hybridized carbons (Fsp3) is 0.700. The number of thiazole rings is 1. The fourth-order valence-corrected chi connectivity index (χ4v) is 2.40. The molecule has 78 valence electrons. The predicted molar refractivity (Wildman–Crippen MR) is 61.1 cm³/mol. The number of hydrogen-bond donors (Lipinski definition) is 2. The van der Waals surface area contributed by atoms with Crippen LogP contribution in [0.1, 0.15) is 23.4 Å². The Labute approximate surface area is 88.9 Å². The van der Waals surface area contributed by atoms with Crippen LogP contribution in [0.15, 0.2) is 0 Å². The summed E-state index contributed by atoms with van der Waals surface area (Å²) in [6.45, 7) is 3.13. The molecule has 14 heavy (non-hydrogen) atoms. The van der Waals surface area contributed by atoms with E-state index >= 15 is 0 Å². The number of aromatic nitrogens is 1. The number of rotatable bonds is 5. The summed E-state index contributed by atoms with van der Waals surface area (Å²) in [6, 6.07) is 0.706. The van der Waals surface area contributed by atoms with E-state index in [2.05, 4.69) is 22.5 Å². The number of anilines is 1. The van der Waals surface area contributed by atoms with Crippen molar-refractivity contribution in [1.82, 2.24) is 10.3 Å². The maximum Gasteiger partial charge on any atom is 0.183 e. The molecule has 1 aliphatic rings. The van der Waals surface area contributed by atoms with Crippen molar-refractivity contribution in [1.29, 1.82) is 0 Å². The molecule has 0 saturated heterocycles. The lowest BCUT2D eigenvalue weighted by molar-refractivity contribution is 0.795. The molecule has 0 atom stereocenters. The zero-order valence-electron chi connectivity index (χ0n) is 8.76. The average molecular weight is 211 g/mol. The first kappa shape index (κ1) is 9.93. The van der Waals surface area contributed by atoms with Crippen molar-refractivity contribution >= 4 is 16.5 Å². The highest BCUT2D eigenvalue weighted by Crippen LogP contribution is 2.29. The zero-order chi connectivity index (χ0) is 9.97. The molecular formula is C10H17N3S. The molecule has 0 aliphatic heterocycles. The molecule has 1 aromatic rings. The Balaban J connectivity index is 1.96. The monoisotopic (exact) mass is 211 g/mol. The van der Waals surface area contributed by atoms with Gasteiger partial charge < -0.3 is 10.6 Å². The second-order valence-electron chi connectivity index (χ2n) is 3.80. The van der Waals surface area contributed by atoms with Crippen LogP contribution in [0.4, 0.5) is 5.13 Å². The lowest BCUT2D eigenvalue weighted by Gasteiger charge is -1.96. The van der Waals surface area contributed by atoms with Gasteiger partial charge in [0, 0.05) is 10.9 Å². The molecule has 2 rings (SSSR count). The summed E-state index contributed by atoms with van der Waals surface area (Å²) in [5, 5.41) is 7.71. The number of nitrogens with zero attached hydrogens (tertiary/aromatic N) is 1. The molecule has 1 fully saturated rings. The van der Waals surface area contributed by atoms with Crippen LogP contribution in [-0.2, 0) is 6.42 Å². The molecule has 0 bridgehead atoms. The first-order valence-electron chi connectivity index (χ1n) is 5.17. The van der Waals surface area contributed by atoms with Crippen molar-refractivity contribution in [2.75, 3.05) is 18.9 Å². The second kappa shape index (κ2) is 4.28. The van der Waals surface area contributed by atoms with Crippen molar-refractivity contribution in [2.45, 2.75) is 32.2 Å². The first-order chi connectivity index (χ1) is 6.79. The van der Waals surface area contributed by atoms with Gasteiger partial charge in [-0.3, -0.25) is 0 Å². The van der Waals surface area contributed by atoms with Crippen LogP contribution >= 0.6 is 11.3 Å². The van der Waals surface area contributed by atoms with Gasteiger partial charge in [-0.1, -0.05) is 0 Å². The van der Waals surface area contributed by atoms with Gasteiger partial charge in [0.05, 0.1) is 5.69 Å². The topological polar surface area (TPSA) is 37.0 Å². The van der Waals surface area contributed by atoms with E-state index in [1.165, 1.54) is 23.4 Å². The smallest absolute Gasteiger partial charge is 0.183 e. The van der Waals surface area contributed by atoms with Gasteiger partial charge in [0.25, 0.3) is 0 Å². The third-order valence-electron chi connectivity index (χ3n) is 2.40. The molecule has 2 N–H and O–H groups in total. The largest absolute Gasteiger partial charge is 0.359 e. The van der Waals surface area contributed by atoms with Crippen LogP contribution in [-0.4, -0.2) is 24.6 Å². The maximum atomic E-state index is 4.52. The van der Waals surface area contributed by atoms with Gasteiger partial charge in [-0.2, -0.15) is 0 Å².